The normalized spacial score (nSPS) is 19.0. The lowest BCUT2D eigenvalue weighted by Crippen LogP contribution is -2.46. The molecule has 2 aromatic rings. The third-order valence-electron chi connectivity index (χ3n) is 4.77. The lowest BCUT2D eigenvalue weighted by atomic mass is 10.0. The number of hydrogen-bond acceptors (Lipinski definition) is 4. The molecule has 7 heteroatoms. The van der Waals surface area contributed by atoms with Crippen molar-refractivity contribution in [1.82, 2.24) is 20.9 Å². The number of rotatable bonds is 4. The maximum Gasteiger partial charge on any atom is 0.319 e. The van der Waals surface area contributed by atoms with Crippen LogP contribution in [-0.4, -0.2) is 16.9 Å². The van der Waals surface area contributed by atoms with E-state index < -0.39 is 6.04 Å². The van der Waals surface area contributed by atoms with Gasteiger partial charge in [0.05, 0.1) is 11.6 Å². The number of carbonyl (C=O) groups is 2. The van der Waals surface area contributed by atoms with E-state index in [2.05, 4.69) is 27.0 Å². The van der Waals surface area contributed by atoms with Crippen molar-refractivity contribution >= 4 is 23.3 Å². The summed E-state index contributed by atoms with van der Waals surface area (Å²) < 4.78 is 0. The van der Waals surface area contributed by atoms with E-state index in [9.17, 15) is 9.59 Å². The first-order valence-electron chi connectivity index (χ1n) is 8.68. The van der Waals surface area contributed by atoms with Crippen LogP contribution in [0.3, 0.4) is 0 Å². The van der Waals surface area contributed by atoms with E-state index in [0.717, 1.165) is 29.7 Å². The second-order valence-electron chi connectivity index (χ2n) is 6.57. The van der Waals surface area contributed by atoms with E-state index in [1.165, 1.54) is 22.6 Å². The van der Waals surface area contributed by atoms with Crippen molar-refractivity contribution in [2.75, 3.05) is 0 Å². The van der Waals surface area contributed by atoms with Crippen molar-refractivity contribution in [3.05, 3.63) is 62.7 Å². The molecule has 1 aliphatic heterocycles. The van der Waals surface area contributed by atoms with Crippen molar-refractivity contribution in [2.45, 2.75) is 38.8 Å². The summed E-state index contributed by atoms with van der Waals surface area (Å²) in [4.78, 5) is 30.1. The van der Waals surface area contributed by atoms with Crippen LogP contribution in [0.2, 0.25) is 0 Å². The molecule has 0 saturated carbocycles. The summed E-state index contributed by atoms with van der Waals surface area (Å²) in [6.45, 7) is 2.17. The highest BCUT2D eigenvalue weighted by molar-refractivity contribution is 7.10. The Kier molecular flexibility index (Phi) is 4.46. The van der Waals surface area contributed by atoms with Crippen molar-refractivity contribution in [2.24, 2.45) is 0 Å². The fraction of sp³-hybridized carbons (Fsp3) is 0.316. The van der Waals surface area contributed by atoms with E-state index in [4.69, 9.17) is 0 Å². The van der Waals surface area contributed by atoms with Gasteiger partial charge in [0.1, 0.15) is 0 Å². The fourth-order valence-electron chi connectivity index (χ4n) is 3.51. The van der Waals surface area contributed by atoms with Gasteiger partial charge in [-0.15, -0.1) is 11.3 Å². The van der Waals surface area contributed by atoms with Gasteiger partial charge in [0.2, 0.25) is 0 Å². The molecule has 4 rings (SSSR count). The molecule has 3 amide bonds. The molecule has 0 fully saturated rings. The number of fused-ring (bicyclic) bond motifs is 1. The molecule has 134 valence electrons. The van der Waals surface area contributed by atoms with Gasteiger partial charge in [-0.1, -0.05) is 12.1 Å². The molecule has 2 aromatic heterocycles. The highest BCUT2D eigenvalue weighted by atomic mass is 32.1. The van der Waals surface area contributed by atoms with E-state index in [0.29, 0.717) is 17.8 Å². The van der Waals surface area contributed by atoms with Gasteiger partial charge < -0.3 is 16.0 Å². The molecule has 1 aliphatic carbocycles. The number of aromatic nitrogens is 1. The number of thiophene rings is 1. The van der Waals surface area contributed by atoms with Crippen LogP contribution < -0.4 is 16.0 Å². The lowest BCUT2D eigenvalue weighted by Gasteiger charge is -2.27. The maximum atomic E-state index is 12.9. The van der Waals surface area contributed by atoms with Gasteiger partial charge in [-0.3, -0.25) is 9.78 Å². The molecule has 0 spiro atoms. The molecule has 0 bridgehead atoms. The number of nitrogens with one attached hydrogen (secondary N) is 3. The monoisotopic (exact) mass is 368 g/mol. The summed E-state index contributed by atoms with van der Waals surface area (Å²) in [5, 5.41) is 10.4. The average molecular weight is 368 g/mol. The minimum absolute atomic E-state index is 0.186. The van der Waals surface area contributed by atoms with Crippen molar-refractivity contribution in [3.8, 4) is 0 Å². The maximum absolute atomic E-state index is 12.9. The van der Waals surface area contributed by atoms with Crippen molar-refractivity contribution in [3.63, 3.8) is 0 Å². The Morgan fingerprint density at radius 2 is 2.31 bits per heavy atom. The van der Waals surface area contributed by atoms with Crippen LogP contribution in [0.4, 0.5) is 4.79 Å². The molecule has 6 nitrogen and oxygen atoms in total. The Morgan fingerprint density at radius 1 is 1.42 bits per heavy atom. The quantitative estimate of drug-likeness (QED) is 0.776. The van der Waals surface area contributed by atoms with Gasteiger partial charge in [0.15, 0.2) is 0 Å². The minimum Gasteiger partial charge on any atom is -0.348 e. The summed E-state index contributed by atoms with van der Waals surface area (Å²) in [5.41, 5.74) is 4.58. The molecular formula is C19H20N4O2S. The number of nitrogens with zero attached hydrogens (tertiary/aromatic N) is 1. The van der Waals surface area contributed by atoms with Gasteiger partial charge in [-0.05, 0) is 48.8 Å². The molecule has 2 aliphatic rings. The first-order chi connectivity index (χ1) is 12.6. The van der Waals surface area contributed by atoms with E-state index in [1.807, 2.05) is 23.7 Å². The largest absolute Gasteiger partial charge is 0.348 e. The molecule has 3 N–H and O–H groups in total. The first kappa shape index (κ1) is 16.8. The number of carbonyl (C=O) groups excluding carboxylic acids is 2. The molecule has 0 saturated heterocycles. The summed E-state index contributed by atoms with van der Waals surface area (Å²) >= 11 is 1.52. The van der Waals surface area contributed by atoms with Gasteiger partial charge >= 0.3 is 6.03 Å². The van der Waals surface area contributed by atoms with Gasteiger partial charge in [0, 0.05) is 29.0 Å². The molecule has 26 heavy (non-hydrogen) atoms. The van der Waals surface area contributed by atoms with E-state index >= 15 is 0 Å². The zero-order chi connectivity index (χ0) is 18.1. The third-order valence-corrected chi connectivity index (χ3v) is 5.71. The molecular weight excluding hydrogens is 348 g/mol. The SMILES string of the molecule is CC1=C(C(=O)NCc2cnc3c(c2)CCC3)C(c2cccs2)NC(=O)N1. The summed E-state index contributed by atoms with van der Waals surface area (Å²) in [6.07, 6.45) is 5.09. The summed E-state index contributed by atoms with van der Waals surface area (Å²) in [6, 6.07) is 5.25. The average Bonchev–Trinajstić information content (AvgIpc) is 3.30. The second kappa shape index (κ2) is 6.92. The van der Waals surface area contributed by atoms with Crippen LogP contribution in [0, 0.1) is 0 Å². The van der Waals surface area contributed by atoms with Gasteiger partial charge in [-0.25, -0.2) is 4.79 Å². The van der Waals surface area contributed by atoms with Crippen LogP contribution >= 0.6 is 11.3 Å². The number of aryl methyl sites for hydroxylation is 2. The predicted octanol–water partition coefficient (Wildman–Crippen LogP) is 2.58. The Labute approximate surface area is 155 Å². The Hall–Kier alpha value is -2.67. The number of pyridine rings is 1. The zero-order valence-electron chi connectivity index (χ0n) is 14.5. The molecule has 1 atom stereocenters. The first-order valence-corrected chi connectivity index (χ1v) is 9.56. The van der Waals surface area contributed by atoms with Gasteiger partial charge in [-0.2, -0.15) is 0 Å². The van der Waals surface area contributed by atoms with Gasteiger partial charge in [0.25, 0.3) is 5.91 Å². The number of urea groups is 1. The molecule has 0 radical (unpaired) electrons. The van der Waals surface area contributed by atoms with E-state index in [-0.39, 0.29) is 11.9 Å². The summed E-state index contributed by atoms with van der Waals surface area (Å²) in [5.74, 6) is -0.186. The van der Waals surface area contributed by atoms with E-state index in [1.54, 1.807) is 6.92 Å². The number of allylic oxidation sites excluding steroid dienone is 1. The molecule has 0 aromatic carbocycles. The lowest BCUT2D eigenvalue weighted by molar-refractivity contribution is -0.118. The van der Waals surface area contributed by atoms with Crippen LogP contribution in [0.1, 0.15) is 41.1 Å². The van der Waals surface area contributed by atoms with Crippen LogP contribution in [0.25, 0.3) is 0 Å². The number of amides is 3. The summed E-state index contributed by atoms with van der Waals surface area (Å²) in [7, 11) is 0. The predicted molar refractivity (Wildman–Crippen MR) is 99.5 cm³/mol. The van der Waals surface area contributed by atoms with Crippen LogP contribution in [0.15, 0.2) is 41.0 Å². The Bertz CT molecular complexity index is 889. The molecule has 3 heterocycles. The fourth-order valence-corrected chi connectivity index (χ4v) is 4.30. The minimum atomic E-state index is -0.429. The molecule has 1 unspecified atom stereocenters. The highest BCUT2D eigenvalue weighted by Gasteiger charge is 2.31. The topological polar surface area (TPSA) is 83.1 Å². The number of hydrogen-bond donors (Lipinski definition) is 3. The Balaban J connectivity index is 1.52. The zero-order valence-corrected chi connectivity index (χ0v) is 15.3. The van der Waals surface area contributed by atoms with Crippen molar-refractivity contribution in [1.29, 1.82) is 0 Å². The second-order valence-corrected chi connectivity index (χ2v) is 7.55. The van der Waals surface area contributed by atoms with Crippen LogP contribution in [-0.2, 0) is 24.2 Å². The standard InChI is InChI=1S/C19H20N4O2S/c1-11-16(17(23-19(25)22-11)15-6-3-7-26-15)18(24)21-10-12-8-13-4-2-5-14(13)20-9-12/h3,6-9,17H,2,4-5,10H2,1H3,(H,21,24)(H2,22,23,25). The third kappa shape index (κ3) is 3.22. The smallest absolute Gasteiger partial charge is 0.319 e. The van der Waals surface area contributed by atoms with Crippen molar-refractivity contribution < 1.29 is 9.59 Å². The van der Waals surface area contributed by atoms with Crippen LogP contribution in [0.5, 0.6) is 0 Å². The Morgan fingerprint density at radius 3 is 3.12 bits per heavy atom. The highest BCUT2D eigenvalue weighted by Crippen LogP contribution is 2.29.